The van der Waals surface area contributed by atoms with E-state index in [1.165, 1.54) is 11.8 Å². The summed E-state index contributed by atoms with van der Waals surface area (Å²) in [6.45, 7) is 0.711. The average molecular weight is 306 g/mol. The zero-order valence-corrected chi connectivity index (χ0v) is 12.1. The molecule has 3 nitrogen and oxygen atoms in total. The molecule has 0 heterocycles. The minimum Gasteiger partial charge on any atom is -0.346 e. The second-order valence-corrected chi connectivity index (χ2v) is 5.31. The molecule has 0 aliphatic rings. The van der Waals surface area contributed by atoms with Crippen molar-refractivity contribution in [3.63, 3.8) is 0 Å². The van der Waals surface area contributed by atoms with E-state index in [1.54, 1.807) is 0 Å². The molecular formula is C13H17F3N2OS. The van der Waals surface area contributed by atoms with Crippen molar-refractivity contribution in [2.45, 2.75) is 24.0 Å². The van der Waals surface area contributed by atoms with Crippen molar-refractivity contribution in [3.05, 3.63) is 29.8 Å². The Hall–Kier alpha value is -1.21. The van der Waals surface area contributed by atoms with Crippen molar-refractivity contribution < 1.29 is 18.0 Å². The Morgan fingerprint density at radius 3 is 2.70 bits per heavy atom. The van der Waals surface area contributed by atoms with Crippen LogP contribution in [0.2, 0.25) is 0 Å². The Kier molecular flexibility index (Phi) is 6.35. The molecule has 1 aromatic carbocycles. The van der Waals surface area contributed by atoms with E-state index < -0.39 is 18.6 Å². The molecule has 20 heavy (non-hydrogen) atoms. The monoisotopic (exact) mass is 306 g/mol. The van der Waals surface area contributed by atoms with Crippen molar-refractivity contribution >= 4 is 17.7 Å². The maximum absolute atomic E-state index is 11.9. The number of rotatable bonds is 6. The van der Waals surface area contributed by atoms with Crippen LogP contribution in [-0.2, 0) is 4.79 Å². The highest BCUT2D eigenvalue weighted by Gasteiger charge is 2.27. The summed E-state index contributed by atoms with van der Waals surface area (Å²) in [5.41, 5.74) is 1.06. The molecule has 0 radical (unpaired) electrons. The van der Waals surface area contributed by atoms with E-state index in [0.717, 1.165) is 10.5 Å². The predicted octanol–water partition coefficient (Wildman–Crippen LogP) is 2.74. The summed E-state index contributed by atoms with van der Waals surface area (Å²) in [5.74, 6) is -0.660. The van der Waals surface area contributed by atoms with Gasteiger partial charge in [-0.05, 0) is 31.7 Å². The molecule has 0 fully saturated rings. The highest BCUT2D eigenvalue weighted by atomic mass is 32.2. The van der Waals surface area contributed by atoms with Gasteiger partial charge in [0.2, 0.25) is 5.91 Å². The Morgan fingerprint density at radius 2 is 2.10 bits per heavy atom. The van der Waals surface area contributed by atoms with Crippen LogP contribution >= 0.6 is 11.8 Å². The summed E-state index contributed by atoms with van der Waals surface area (Å²) >= 11 is 1.21. The summed E-state index contributed by atoms with van der Waals surface area (Å²) in [6, 6.07) is 7.74. The van der Waals surface area contributed by atoms with Gasteiger partial charge in [0.15, 0.2) is 0 Å². The number of halogens is 3. The van der Waals surface area contributed by atoms with Gasteiger partial charge in [0, 0.05) is 10.9 Å². The Bertz CT molecular complexity index is 451. The van der Waals surface area contributed by atoms with Gasteiger partial charge < -0.3 is 10.6 Å². The zero-order chi connectivity index (χ0) is 15.2. The highest BCUT2D eigenvalue weighted by molar-refractivity contribution is 8.00. The van der Waals surface area contributed by atoms with E-state index in [0.29, 0.717) is 0 Å². The van der Waals surface area contributed by atoms with Crippen LogP contribution in [0.25, 0.3) is 0 Å². The van der Waals surface area contributed by atoms with Crippen LogP contribution in [-0.4, -0.2) is 31.4 Å². The first-order valence-corrected chi connectivity index (χ1v) is 7.04. The molecule has 1 unspecified atom stereocenters. The molecule has 0 spiro atoms. The van der Waals surface area contributed by atoms with Crippen LogP contribution in [0.1, 0.15) is 18.5 Å². The lowest BCUT2D eigenvalue weighted by Gasteiger charge is -2.12. The molecule has 0 saturated carbocycles. The Labute approximate surface area is 120 Å². The van der Waals surface area contributed by atoms with Gasteiger partial charge in [-0.2, -0.15) is 13.2 Å². The number of hydrogen-bond acceptors (Lipinski definition) is 3. The van der Waals surface area contributed by atoms with Crippen LogP contribution in [0, 0.1) is 0 Å². The van der Waals surface area contributed by atoms with E-state index in [-0.39, 0.29) is 11.8 Å². The maximum atomic E-state index is 11.9. The molecule has 0 aliphatic carbocycles. The molecule has 2 N–H and O–H groups in total. The van der Waals surface area contributed by atoms with Crippen LogP contribution in [0.15, 0.2) is 29.2 Å². The molecule has 1 rings (SSSR count). The number of alkyl halides is 3. The molecule has 0 bridgehead atoms. The molecule has 112 valence electrons. The number of carbonyl (C=O) groups excluding carboxylic acids is 1. The van der Waals surface area contributed by atoms with Crippen LogP contribution in [0.5, 0.6) is 0 Å². The number of hydrogen-bond donors (Lipinski definition) is 2. The standard InChI is InChI=1S/C13H17F3N2OS/c1-9(17-2)10-4-3-5-11(6-10)20-7-12(19)18-8-13(14,15)16/h3-6,9,17H,7-8H2,1-2H3,(H,18,19). The van der Waals surface area contributed by atoms with Gasteiger partial charge in [0.1, 0.15) is 6.54 Å². The summed E-state index contributed by atoms with van der Waals surface area (Å²) in [5, 5.41) is 4.94. The van der Waals surface area contributed by atoms with E-state index >= 15 is 0 Å². The minimum absolute atomic E-state index is 0.0343. The third kappa shape index (κ3) is 6.29. The van der Waals surface area contributed by atoms with Crippen LogP contribution in [0.3, 0.4) is 0 Å². The molecular weight excluding hydrogens is 289 g/mol. The molecule has 0 aromatic heterocycles. The SMILES string of the molecule is CNC(C)c1cccc(SCC(=O)NCC(F)(F)F)c1. The summed E-state index contributed by atoms with van der Waals surface area (Å²) in [7, 11) is 1.84. The molecule has 0 aliphatic heterocycles. The summed E-state index contributed by atoms with van der Waals surface area (Å²) < 4.78 is 35.8. The van der Waals surface area contributed by atoms with Gasteiger partial charge in [-0.3, -0.25) is 4.79 Å². The van der Waals surface area contributed by atoms with Gasteiger partial charge in [0.25, 0.3) is 0 Å². The quantitative estimate of drug-likeness (QED) is 0.794. The molecule has 1 aromatic rings. The van der Waals surface area contributed by atoms with Crippen molar-refractivity contribution in [1.82, 2.24) is 10.6 Å². The van der Waals surface area contributed by atoms with E-state index in [4.69, 9.17) is 0 Å². The third-order valence-corrected chi connectivity index (χ3v) is 3.64. The number of thioether (sulfide) groups is 1. The Morgan fingerprint density at radius 1 is 1.40 bits per heavy atom. The van der Waals surface area contributed by atoms with E-state index in [9.17, 15) is 18.0 Å². The smallest absolute Gasteiger partial charge is 0.346 e. The summed E-state index contributed by atoms with van der Waals surface area (Å²) in [6.07, 6.45) is -4.37. The lowest BCUT2D eigenvalue weighted by molar-refractivity contribution is -0.136. The Balaban J connectivity index is 2.47. The number of benzene rings is 1. The predicted molar refractivity (Wildman–Crippen MR) is 73.7 cm³/mol. The highest BCUT2D eigenvalue weighted by Crippen LogP contribution is 2.22. The van der Waals surface area contributed by atoms with Gasteiger partial charge in [-0.1, -0.05) is 12.1 Å². The normalized spacial score (nSPS) is 13.1. The topological polar surface area (TPSA) is 41.1 Å². The fourth-order valence-electron chi connectivity index (χ4n) is 1.44. The molecule has 1 amide bonds. The van der Waals surface area contributed by atoms with Crippen molar-refractivity contribution in [2.24, 2.45) is 0 Å². The van der Waals surface area contributed by atoms with Gasteiger partial charge in [-0.15, -0.1) is 11.8 Å². The largest absolute Gasteiger partial charge is 0.405 e. The van der Waals surface area contributed by atoms with Gasteiger partial charge >= 0.3 is 6.18 Å². The number of nitrogens with one attached hydrogen (secondary N) is 2. The van der Waals surface area contributed by atoms with Gasteiger partial charge in [-0.25, -0.2) is 0 Å². The van der Waals surface area contributed by atoms with Crippen molar-refractivity contribution in [3.8, 4) is 0 Å². The van der Waals surface area contributed by atoms with Crippen molar-refractivity contribution in [1.29, 1.82) is 0 Å². The average Bonchev–Trinajstić information content (AvgIpc) is 2.41. The zero-order valence-electron chi connectivity index (χ0n) is 11.3. The number of amides is 1. The molecule has 0 saturated heterocycles. The van der Waals surface area contributed by atoms with Crippen LogP contribution in [0.4, 0.5) is 13.2 Å². The molecule has 1 atom stereocenters. The fraction of sp³-hybridized carbons (Fsp3) is 0.462. The lowest BCUT2D eigenvalue weighted by Crippen LogP contribution is -2.34. The second kappa shape index (κ2) is 7.54. The van der Waals surface area contributed by atoms with Crippen LogP contribution < -0.4 is 10.6 Å². The van der Waals surface area contributed by atoms with E-state index in [2.05, 4.69) is 5.32 Å². The first kappa shape index (κ1) is 16.8. The first-order chi connectivity index (χ1) is 9.31. The van der Waals surface area contributed by atoms with E-state index in [1.807, 2.05) is 43.6 Å². The fourth-order valence-corrected chi connectivity index (χ4v) is 2.23. The second-order valence-electron chi connectivity index (χ2n) is 4.26. The lowest BCUT2D eigenvalue weighted by atomic mass is 10.1. The van der Waals surface area contributed by atoms with Gasteiger partial charge in [0.05, 0.1) is 5.75 Å². The number of carbonyl (C=O) groups is 1. The maximum Gasteiger partial charge on any atom is 0.405 e. The molecule has 7 heteroatoms. The first-order valence-electron chi connectivity index (χ1n) is 6.05. The van der Waals surface area contributed by atoms with Crippen molar-refractivity contribution in [2.75, 3.05) is 19.3 Å². The minimum atomic E-state index is -4.37. The third-order valence-electron chi connectivity index (χ3n) is 2.65. The summed E-state index contributed by atoms with van der Waals surface area (Å²) in [4.78, 5) is 12.1.